The Morgan fingerprint density at radius 2 is 1.90 bits per heavy atom. The van der Waals surface area contributed by atoms with Gasteiger partial charge in [0.1, 0.15) is 0 Å². The van der Waals surface area contributed by atoms with Crippen LogP contribution in [0.25, 0.3) is 0 Å². The molecule has 20 heavy (non-hydrogen) atoms. The third kappa shape index (κ3) is 2.83. The molecule has 1 N–H and O–H groups in total. The Hall–Kier alpha value is -0.710. The van der Waals surface area contributed by atoms with Crippen LogP contribution >= 0.6 is 15.9 Å². The number of hydrogen-bond donors (Lipinski definition) is 1. The van der Waals surface area contributed by atoms with Crippen LogP contribution < -0.4 is 0 Å². The fourth-order valence-corrected chi connectivity index (χ4v) is 4.17. The number of aliphatic hydroxyl groups excluding tert-OH is 1. The van der Waals surface area contributed by atoms with E-state index in [2.05, 4.69) is 20.8 Å². The minimum absolute atomic E-state index is 0.136. The molecular weight excluding hydrogens is 318 g/mol. The third-order valence-corrected chi connectivity index (χ3v) is 5.32. The maximum atomic E-state index is 12.3. The zero-order valence-electron chi connectivity index (χ0n) is 11.5. The van der Waals surface area contributed by atoms with Gasteiger partial charge in [0, 0.05) is 35.1 Å². The molecule has 3 nitrogen and oxygen atoms in total. The van der Waals surface area contributed by atoms with Crippen molar-refractivity contribution in [2.75, 3.05) is 6.54 Å². The van der Waals surface area contributed by atoms with Gasteiger partial charge in [-0.1, -0.05) is 34.1 Å². The summed E-state index contributed by atoms with van der Waals surface area (Å²) in [5.41, 5.74) is 0.775. The number of nitrogens with zero attached hydrogens (tertiary/aromatic N) is 1. The van der Waals surface area contributed by atoms with E-state index in [0.29, 0.717) is 18.5 Å². The van der Waals surface area contributed by atoms with Gasteiger partial charge in [0.25, 0.3) is 0 Å². The van der Waals surface area contributed by atoms with Crippen molar-refractivity contribution in [3.8, 4) is 0 Å². The van der Waals surface area contributed by atoms with E-state index >= 15 is 0 Å². The number of rotatable bonds is 4. The number of carbonyl (C=O) groups is 1. The first-order chi connectivity index (χ1) is 9.65. The summed E-state index contributed by atoms with van der Waals surface area (Å²) in [6.07, 6.45) is 4.52. The van der Waals surface area contributed by atoms with E-state index in [0.717, 1.165) is 29.4 Å². The van der Waals surface area contributed by atoms with Gasteiger partial charge in [-0.05, 0) is 31.7 Å². The molecule has 2 fully saturated rings. The molecule has 0 radical (unpaired) electrons. The Morgan fingerprint density at radius 3 is 2.55 bits per heavy atom. The predicted octanol–water partition coefficient (Wildman–Crippen LogP) is 3.01. The van der Waals surface area contributed by atoms with Crippen molar-refractivity contribution in [1.82, 2.24) is 4.90 Å². The van der Waals surface area contributed by atoms with E-state index in [1.807, 2.05) is 24.3 Å². The highest BCUT2D eigenvalue weighted by Crippen LogP contribution is 2.35. The summed E-state index contributed by atoms with van der Waals surface area (Å²) in [5.74, 6) is 0.197. The van der Waals surface area contributed by atoms with Crippen LogP contribution in [0.2, 0.25) is 0 Å². The number of hydrogen-bond acceptors (Lipinski definition) is 3. The number of benzene rings is 1. The quantitative estimate of drug-likeness (QED) is 0.858. The second-order valence-electron chi connectivity index (χ2n) is 5.90. The normalized spacial score (nSPS) is 29.6. The van der Waals surface area contributed by atoms with E-state index in [4.69, 9.17) is 0 Å². The Labute approximate surface area is 128 Å². The number of piperidine rings is 1. The van der Waals surface area contributed by atoms with Gasteiger partial charge in [-0.15, -0.1) is 0 Å². The second kappa shape index (κ2) is 5.96. The van der Waals surface area contributed by atoms with E-state index in [1.54, 1.807) is 0 Å². The number of Topliss-reactive ketones (excluding diaryl/α,β-unsaturated/α-hetero) is 1. The minimum atomic E-state index is -0.136. The first-order valence-corrected chi connectivity index (χ1v) is 8.16. The molecule has 108 valence electrons. The molecule has 0 aromatic heterocycles. The topological polar surface area (TPSA) is 40.5 Å². The Bertz CT molecular complexity index is 491. The standard InChI is InChI=1S/C16H20BrNO2/c17-15-4-2-1-3-14(15)16(20)7-8-18-11-5-6-12(18)10-13(19)9-11/h1-4,11-13,19H,5-10H2. The van der Waals surface area contributed by atoms with Gasteiger partial charge in [0.05, 0.1) is 6.10 Å². The van der Waals surface area contributed by atoms with Crippen molar-refractivity contribution in [2.24, 2.45) is 0 Å². The van der Waals surface area contributed by atoms with E-state index in [-0.39, 0.29) is 11.9 Å². The van der Waals surface area contributed by atoms with Gasteiger partial charge in [-0.2, -0.15) is 0 Å². The number of aliphatic hydroxyl groups is 1. The van der Waals surface area contributed by atoms with Crippen LogP contribution in [0.4, 0.5) is 0 Å². The monoisotopic (exact) mass is 337 g/mol. The van der Waals surface area contributed by atoms with Gasteiger partial charge in [-0.25, -0.2) is 0 Å². The summed E-state index contributed by atoms with van der Waals surface area (Å²) in [4.78, 5) is 14.7. The highest BCUT2D eigenvalue weighted by Gasteiger charge is 2.39. The summed E-state index contributed by atoms with van der Waals surface area (Å²) in [6.45, 7) is 0.822. The molecule has 1 aromatic rings. The lowest BCUT2D eigenvalue weighted by atomic mass is 9.99. The van der Waals surface area contributed by atoms with Crippen molar-refractivity contribution in [1.29, 1.82) is 0 Å². The van der Waals surface area contributed by atoms with Gasteiger partial charge >= 0.3 is 0 Å². The molecule has 2 saturated heterocycles. The molecule has 2 heterocycles. The zero-order valence-corrected chi connectivity index (χ0v) is 13.1. The Balaban J connectivity index is 1.60. The fraction of sp³-hybridized carbons (Fsp3) is 0.562. The predicted molar refractivity (Wildman–Crippen MR) is 81.8 cm³/mol. The van der Waals surface area contributed by atoms with Crippen molar-refractivity contribution in [2.45, 2.75) is 50.3 Å². The van der Waals surface area contributed by atoms with Gasteiger partial charge in [-0.3, -0.25) is 9.69 Å². The SMILES string of the molecule is O=C(CCN1C2CCC1CC(O)C2)c1ccccc1Br. The summed E-state index contributed by atoms with van der Waals surface area (Å²) in [6, 6.07) is 8.58. The van der Waals surface area contributed by atoms with Crippen LogP contribution in [-0.4, -0.2) is 40.5 Å². The van der Waals surface area contributed by atoms with Gasteiger partial charge < -0.3 is 5.11 Å². The van der Waals surface area contributed by atoms with Crippen LogP contribution in [0.1, 0.15) is 42.5 Å². The first kappa shape index (κ1) is 14.2. The van der Waals surface area contributed by atoms with Crippen LogP contribution in [0, 0.1) is 0 Å². The van der Waals surface area contributed by atoms with Gasteiger partial charge in [0.2, 0.25) is 0 Å². The van der Waals surface area contributed by atoms with Crippen LogP contribution in [0.3, 0.4) is 0 Å². The van der Waals surface area contributed by atoms with E-state index in [9.17, 15) is 9.90 Å². The van der Waals surface area contributed by atoms with Crippen LogP contribution in [0.15, 0.2) is 28.7 Å². The smallest absolute Gasteiger partial charge is 0.165 e. The third-order valence-electron chi connectivity index (χ3n) is 4.63. The summed E-state index contributed by atoms with van der Waals surface area (Å²) >= 11 is 3.44. The maximum Gasteiger partial charge on any atom is 0.165 e. The van der Waals surface area contributed by atoms with E-state index in [1.165, 1.54) is 12.8 Å². The fourth-order valence-electron chi connectivity index (χ4n) is 3.66. The molecular formula is C16H20BrNO2. The molecule has 4 heteroatoms. The van der Waals surface area contributed by atoms with Crippen LogP contribution in [0.5, 0.6) is 0 Å². The highest BCUT2D eigenvalue weighted by atomic mass is 79.9. The molecule has 0 spiro atoms. The largest absolute Gasteiger partial charge is 0.393 e. The second-order valence-corrected chi connectivity index (χ2v) is 6.76. The van der Waals surface area contributed by atoms with Crippen molar-refractivity contribution in [3.63, 3.8) is 0 Å². The number of carbonyl (C=O) groups excluding carboxylic acids is 1. The molecule has 0 aliphatic carbocycles. The molecule has 0 saturated carbocycles. The van der Waals surface area contributed by atoms with Gasteiger partial charge in [0.15, 0.2) is 5.78 Å². The van der Waals surface area contributed by atoms with E-state index < -0.39 is 0 Å². The van der Waals surface area contributed by atoms with Crippen LogP contribution in [-0.2, 0) is 0 Å². The zero-order chi connectivity index (χ0) is 14.1. The molecule has 2 bridgehead atoms. The highest BCUT2D eigenvalue weighted by molar-refractivity contribution is 9.10. The molecule has 0 amide bonds. The van der Waals surface area contributed by atoms with Crippen molar-refractivity contribution >= 4 is 21.7 Å². The summed E-state index contributed by atoms with van der Waals surface area (Å²) in [7, 11) is 0. The lowest BCUT2D eigenvalue weighted by molar-refractivity contribution is 0.0348. The average molecular weight is 338 g/mol. The molecule has 2 aliphatic rings. The molecule has 1 aromatic carbocycles. The lowest BCUT2D eigenvalue weighted by Crippen LogP contribution is -2.45. The lowest BCUT2D eigenvalue weighted by Gasteiger charge is -2.37. The molecule has 2 atom stereocenters. The average Bonchev–Trinajstić information content (AvgIpc) is 2.67. The summed E-state index contributed by atoms with van der Waals surface area (Å²) < 4.78 is 0.877. The van der Waals surface area contributed by atoms with Crippen molar-refractivity contribution < 1.29 is 9.90 Å². The summed E-state index contributed by atoms with van der Waals surface area (Å²) in [5, 5.41) is 9.80. The maximum absolute atomic E-state index is 12.3. The first-order valence-electron chi connectivity index (χ1n) is 7.36. The Morgan fingerprint density at radius 1 is 1.25 bits per heavy atom. The molecule has 3 rings (SSSR count). The minimum Gasteiger partial charge on any atom is -0.393 e. The molecule has 2 unspecified atom stereocenters. The number of fused-ring (bicyclic) bond motifs is 2. The number of ketones is 1. The molecule has 2 aliphatic heterocycles. The Kier molecular flexibility index (Phi) is 4.24. The van der Waals surface area contributed by atoms with Crippen molar-refractivity contribution in [3.05, 3.63) is 34.3 Å². The number of halogens is 1.